The van der Waals surface area contributed by atoms with Crippen LogP contribution in [-0.2, 0) is 5.54 Å². The van der Waals surface area contributed by atoms with Crippen molar-refractivity contribution in [2.24, 2.45) is 0 Å². The van der Waals surface area contributed by atoms with Crippen LogP contribution < -0.4 is 5.32 Å². The number of nitrogens with one attached hydrogen (secondary N) is 1. The Morgan fingerprint density at radius 3 is 2.61 bits per heavy atom. The van der Waals surface area contributed by atoms with E-state index in [0.29, 0.717) is 6.04 Å². The number of likely N-dealkylation sites (N-methyl/N-ethyl adjacent to an activating group) is 1. The van der Waals surface area contributed by atoms with Gasteiger partial charge in [-0.15, -0.1) is 11.3 Å². The van der Waals surface area contributed by atoms with E-state index in [1.54, 1.807) is 0 Å². The Balaban J connectivity index is 2.28. The Labute approximate surface area is 115 Å². The summed E-state index contributed by atoms with van der Waals surface area (Å²) >= 11 is 1.86. The molecular formula is C14H25N3S. The molecule has 3 nitrogen and oxygen atoms in total. The maximum atomic E-state index is 4.81. The van der Waals surface area contributed by atoms with Gasteiger partial charge in [-0.2, -0.15) is 0 Å². The third kappa shape index (κ3) is 2.46. The molecule has 4 heteroatoms. The molecule has 1 unspecified atom stereocenters. The lowest BCUT2D eigenvalue weighted by atomic mass is 9.99. The Morgan fingerprint density at radius 1 is 1.44 bits per heavy atom. The molecule has 0 aromatic carbocycles. The van der Waals surface area contributed by atoms with Crippen molar-refractivity contribution in [3.63, 3.8) is 0 Å². The van der Waals surface area contributed by atoms with E-state index in [2.05, 4.69) is 44.8 Å². The van der Waals surface area contributed by atoms with E-state index in [0.717, 1.165) is 13.1 Å². The van der Waals surface area contributed by atoms with Crippen LogP contribution in [0.4, 0.5) is 0 Å². The highest BCUT2D eigenvalue weighted by molar-refractivity contribution is 7.11. The van der Waals surface area contributed by atoms with Crippen LogP contribution in [-0.4, -0.2) is 35.6 Å². The number of hydrogen-bond acceptors (Lipinski definition) is 4. The first-order valence-electron chi connectivity index (χ1n) is 6.92. The smallest absolute Gasteiger partial charge is 0.115 e. The van der Waals surface area contributed by atoms with Gasteiger partial charge in [-0.1, -0.05) is 6.92 Å². The first-order valence-corrected chi connectivity index (χ1v) is 7.74. The zero-order valence-corrected chi connectivity index (χ0v) is 13.0. The SMILES string of the molecule is CCNC1(c2nc(C)c(C)s2)CCN(C(C)C)C1. The van der Waals surface area contributed by atoms with E-state index in [1.165, 1.54) is 28.5 Å². The van der Waals surface area contributed by atoms with E-state index >= 15 is 0 Å². The standard InChI is InChI=1S/C14H25N3S/c1-6-15-14(7-8-17(9-14)10(2)3)13-16-11(4)12(5)18-13/h10,15H,6-9H2,1-5H3. The summed E-state index contributed by atoms with van der Waals surface area (Å²) in [7, 11) is 0. The van der Waals surface area contributed by atoms with E-state index in [9.17, 15) is 0 Å². The van der Waals surface area contributed by atoms with Gasteiger partial charge < -0.3 is 5.32 Å². The zero-order chi connectivity index (χ0) is 13.3. The molecule has 1 saturated heterocycles. The van der Waals surface area contributed by atoms with Crippen LogP contribution in [0.25, 0.3) is 0 Å². The van der Waals surface area contributed by atoms with Crippen molar-refractivity contribution in [2.45, 2.75) is 52.6 Å². The second kappa shape index (κ2) is 5.27. The highest BCUT2D eigenvalue weighted by Gasteiger charge is 2.42. The first-order chi connectivity index (χ1) is 8.48. The minimum Gasteiger partial charge on any atom is -0.305 e. The van der Waals surface area contributed by atoms with E-state index in [-0.39, 0.29) is 5.54 Å². The molecule has 1 aromatic heterocycles. The highest BCUT2D eigenvalue weighted by Crippen LogP contribution is 2.36. The van der Waals surface area contributed by atoms with Crippen molar-refractivity contribution < 1.29 is 0 Å². The molecule has 0 aliphatic carbocycles. The summed E-state index contributed by atoms with van der Waals surface area (Å²) in [6, 6.07) is 0.618. The summed E-state index contributed by atoms with van der Waals surface area (Å²) in [6.07, 6.45) is 1.17. The fourth-order valence-electron chi connectivity index (χ4n) is 2.69. The van der Waals surface area contributed by atoms with Crippen molar-refractivity contribution in [1.29, 1.82) is 0 Å². The molecule has 2 heterocycles. The average molecular weight is 267 g/mol. The van der Waals surface area contributed by atoms with Crippen molar-refractivity contribution in [1.82, 2.24) is 15.2 Å². The molecule has 1 N–H and O–H groups in total. The minimum atomic E-state index is 0.0860. The number of likely N-dealkylation sites (tertiary alicyclic amines) is 1. The van der Waals surface area contributed by atoms with Gasteiger partial charge in [0.2, 0.25) is 0 Å². The van der Waals surface area contributed by atoms with Crippen molar-refractivity contribution >= 4 is 11.3 Å². The molecule has 0 bridgehead atoms. The molecule has 2 rings (SSSR count). The molecule has 1 fully saturated rings. The molecule has 0 radical (unpaired) electrons. The first kappa shape index (κ1) is 14.0. The summed E-state index contributed by atoms with van der Waals surface area (Å²) < 4.78 is 0. The van der Waals surface area contributed by atoms with E-state index in [4.69, 9.17) is 4.98 Å². The van der Waals surface area contributed by atoms with Gasteiger partial charge in [0, 0.05) is 24.0 Å². The second-order valence-corrected chi connectivity index (χ2v) is 6.79. The van der Waals surface area contributed by atoms with E-state index < -0.39 is 0 Å². The number of rotatable bonds is 4. The quantitative estimate of drug-likeness (QED) is 0.909. The van der Waals surface area contributed by atoms with Crippen LogP contribution in [0.1, 0.15) is 42.8 Å². The fraction of sp³-hybridized carbons (Fsp3) is 0.786. The molecule has 1 atom stereocenters. The summed E-state index contributed by atoms with van der Waals surface area (Å²) in [5, 5.41) is 4.99. The van der Waals surface area contributed by atoms with Gasteiger partial charge in [-0.3, -0.25) is 4.90 Å². The highest BCUT2D eigenvalue weighted by atomic mass is 32.1. The van der Waals surface area contributed by atoms with Crippen molar-refractivity contribution in [2.75, 3.05) is 19.6 Å². The van der Waals surface area contributed by atoms with Crippen LogP contribution in [0, 0.1) is 13.8 Å². The van der Waals surface area contributed by atoms with Gasteiger partial charge in [-0.05, 0) is 40.7 Å². The average Bonchev–Trinajstić information content (AvgIpc) is 2.86. The molecule has 102 valence electrons. The third-order valence-corrected chi connectivity index (χ3v) is 5.26. The summed E-state index contributed by atoms with van der Waals surface area (Å²) in [5.74, 6) is 0. The fourth-order valence-corrected chi connectivity index (χ4v) is 3.79. The summed E-state index contributed by atoms with van der Waals surface area (Å²) in [5.41, 5.74) is 1.28. The number of thiazole rings is 1. The molecule has 1 aliphatic heterocycles. The molecule has 0 saturated carbocycles. The number of nitrogens with zero attached hydrogens (tertiary/aromatic N) is 2. The maximum Gasteiger partial charge on any atom is 0.115 e. The summed E-state index contributed by atoms with van der Waals surface area (Å²) in [4.78, 5) is 8.71. The Kier molecular flexibility index (Phi) is 4.09. The molecule has 1 aliphatic rings. The van der Waals surface area contributed by atoms with Gasteiger partial charge in [-0.25, -0.2) is 4.98 Å². The van der Waals surface area contributed by atoms with Gasteiger partial charge in [0.15, 0.2) is 0 Å². The Hall–Kier alpha value is -0.450. The van der Waals surface area contributed by atoms with Crippen molar-refractivity contribution in [3.05, 3.63) is 15.6 Å². The Morgan fingerprint density at radius 2 is 2.17 bits per heavy atom. The lowest BCUT2D eigenvalue weighted by Crippen LogP contribution is -2.45. The van der Waals surface area contributed by atoms with Crippen LogP contribution >= 0.6 is 11.3 Å². The van der Waals surface area contributed by atoms with Gasteiger partial charge in [0.1, 0.15) is 5.01 Å². The predicted octanol–water partition coefficient (Wildman–Crippen LogP) is 2.68. The Bertz CT molecular complexity index is 394. The topological polar surface area (TPSA) is 28.2 Å². The second-order valence-electron chi connectivity index (χ2n) is 5.59. The molecular weight excluding hydrogens is 242 g/mol. The van der Waals surface area contributed by atoms with Gasteiger partial charge >= 0.3 is 0 Å². The largest absolute Gasteiger partial charge is 0.305 e. The van der Waals surface area contributed by atoms with Crippen LogP contribution in [0.3, 0.4) is 0 Å². The number of hydrogen-bond donors (Lipinski definition) is 1. The lowest BCUT2D eigenvalue weighted by molar-refractivity contribution is 0.241. The zero-order valence-electron chi connectivity index (χ0n) is 12.2. The summed E-state index contributed by atoms with van der Waals surface area (Å²) in [6.45, 7) is 14.3. The van der Waals surface area contributed by atoms with E-state index in [1.807, 2.05) is 11.3 Å². The predicted molar refractivity (Wildman–Crippen MR) is 78.3 cm³/mol. The van der Waals surface area contributed by atoms with Gasteiger partial charge in [0.25, 0.3) is 0 Å². The maximum absolute atomic E-state index is 4.81. The normalized spacial score (nSPS) is 25.2. The van der Waals surface area contributed by atoms with Crippen molar-refractivity contribution in [3.8, 4) is 0 Å². The minimum absolute atomic E-state index is 0.0860. The van der Waals surface area contributed by atoms with Crippen LogP contribution in [0.2, 0.25) is 0 Å². The third-order valence-electron chi connectivity index (χ3n) is 3.98. The monoisotopic (exact) mass is 267 g/mol. The molecule has 0 spiro atoms. The van der Waals surface area contributed by atoms with Crippen LogP contribution in [0.15, 0.2) is 0 Å². The van der Waals surface area contributed by atoms with Gasteiger partial charge in [0.05, 0.1) is 11.2 Å². The molecule has 0 amide bonds. The number of aromatic nitrogens is 1. The molecule has 18 heavy (non-hydrogen) atoms. The molecule has 1 aromatic rings. The lowest BCUT2D eigenvalue weighted by Gasteiger charge is -2.29. The number of aryl methyl sites for hydroxylation is 2. The van der Waals surface area contributed by atoms with Crippen LogP contribution in [0.5, 0.6) is 0 Å².